The summed E-state index contributed by atoms with van der Waals surface area (Å²) in [6.45, 7) is 1.52. The minimum Gasteiger partial charge on any atom is -0.465 e. The van der Waals surface area contributed by atoms with Crippen molar-refractivity contribution in [3.8, 4) is 0 Å². The average Bonchev–Trinajstić information content (AvgIpc) is 3.16. The van der Waals surface area contributed by atoms with E-state index in [1.54, 1.807) is 30.9 Å². The summed E-state index contributed by atoms with van der Waals surface area (Å²) in [6, 6.07) is 3.11. The Labute approximate surface area is 156 Å². The monoisotopic (exact) mass is 373 g/mol. The average molecular weight is 373 g/mol. The van der Waals surface area contributed by atoms with Crippen LogP contribution in [0.3, 0.4) is 0 Å². The van der Waals surface area contributed by atoms with Crippen molar-refractivity contribution in [2.75, 3.05) is 23.7 Å². The number of nitrogens with one attached hydrogen (secondary N) is 2. The molecule has 3 heterocycles. The van der Waals surface area contributed by atoms with E-state index in [4.69, 9.17) is 5.11 Å². The summed E-state index contributed by atoms with van der Waals surface area (Å²) in [5.41, 5.74) is 1.64. The molecule has 1 aliphatic rings. The van der Waals surface area contributed by atoms with Gasteiger partial charge in [-0.2, -0.15) is 0 Å². The van der Waals surface area contributed by atoms with Crippen LogP contribution in [0, 0.1) is 0 Å². The molecular formula is C18H23N5O4. The van der Waals surface area contributed by atoms with Crippen LogP contribution in [-0.4, -0.2) is 50.1 Å². The number of hydrogen-bond donors (Lipinski definition) is 3. The van der Waals surface area contributed by atoms with Gasteiger partial charge in [0.1, 0.15) is 11.4 Å². The molecule has 3 amide bonds. The molecule has 3 N–H and O–H groups in total. The standard InChI is InChI=1S/C18H23N5O4/c1-21-11-13(20-18(26)27)8-14(21)16(24)19-12-9-15(22(2)10-12)17(25)23-6-4-3-5-7-23/h8-11,20H,3-7H2,1-2H3,(H,19,24)(H,26,27). The Morgan fingerprint density at radius 3 is 2.07 bits per heavy atom. The molecule has 0 aromatic carbocycles. The molecule has 3 rings (SSSR count). The number of rotatable bonds is 4. The van der Waals surface area contributed by atoms with Crippen molar-refractivity contribution >= 4 is 29.3 Å². The Bertz CT molecular complexity index is 876. The number of piperidine rings is 1. The maximum absolute atomic E-state index is 12.7. The topological polar surface area (TPSA) is 109 Å². The summed E-state index contributed by atoms with van der Waals surface area (Å²) in [4.78, 5) is 37.8. The van der Waals surface area contributed by atoms with Crippen LogP contribution in [0.1, 0.15) is 40.2 Å². The zero-order chi connectivity index (χ0) is 19.6. The van der Waals surface area contributed by atoms with Gasteiger partial charge < -0.3 is 24.5 Å². The smallest absolute Gasteiger partial charge is 0.409 e. The fraction of sp³-hybridized carbons (Fsp3) is 0.389. The molecule has 1 fully saturated rings. The van der Waals surface area contributed by atoms with E-state index in [9.17, 15) is 14.4 Å². The number of hydrogen-bond acceptors (Lipinski definition) is 3. The van der Waals surface area contributed by atoms with E-state index in [2.05, 4.69) is 10.6 Å². The minimum absolute atomic E-state index is 0.0375. The molecule has 1 aliphatic heterocycles. The predicted octanol–water partition coefficient (Wildman–Crippen LogP) is 2.33. The van der Waals surface area contributed by atoms with E-state index in [-0.39, 0.29) is 5.91 Å². The number of carboxylic acid groups (broad SMARTS) is 1. The lowest BCUT2D eigenvalue weighted by Crippen LogP contribution is -2.36. The number of aryl methyl sites for hydroxylation is 2. The second-order valence-corrected chi connectivity index (χ2v) is 6.69. The zero-order valence-corrected chi connectivity index (χ0v) is 15.4. The van der Waals surface area contributed by atoms with Gasteiger partial charge in [0, 0.05) is 39.6 Å². The molecule has 0 aliphatic carbocycles. The number of anilines is 2. The highest BCUT2D eigenvalue weighted by molar-refractivity contribution is 6.05. The summed E-state index contributed by atoms with van der Waals surface area (Å²) in [6.07, 6.45) is 5.18. The highest BCUT2D eigenvalue weighted by atomic mass is 16.4. The number of carbonyl (C=O) groups is 3. The second-order valence-electron chi connectivity index (χ2n) is 6.69. The number of likely N-dealkylation sites (tertiary alicyclic amines) is 1. The summed E-state index contributed by atoms with van der Waals surface area (Å²) >= 11 is 0. The molecule has 1 saturated heterocycles. The predicted molar refractivity (Wildman–Crippen MR) is 100 cm³/mol. The third-order valence-corrected chi connectivity index (χ3v) is 4.61. The van der Waals surface area contributed by atoms with Crippen LogP contribution < -0.4 is 10.6 Å². The minimum atomic E-state index is -1.20. The van der Waals surface area contributed by atoms with Crippen LogP contribution in [0.15, 0.2) is 24.5 Å². The van der Waals surface area contributed by atoms with Crippen molar-refractivity contribution in [3.63, 3.8) is 0 Å². The Morgan fingerprint density at radius 1 is 0.889 bits per heavy atom. The lowest BCUT2D eigenvalue weighted by molar-refractivity contribution is 0.0714. The van der Waals surface area contributed by atoms with Crippen molar-refractivity contribution in [3.05, 3.63) is 35.9 Å². The maximum Gasteiger partial charge on any atom is 0.409 e. The first-order valence-corrected chi connectivity index (χ1v) is 8.78. The van der Waals surface area contributed by atoms with Crippen molar-refractivity contribution in [1.29, 1.82) is 0 Å². The molecule has 0 unspecified atom stereocenters. The van der Waals surface area contributed by atoms with Crippen LogP contribution in [0.4, 0.5) is 16.2 Å². The van der Waals surface area contributed by atoms with Crippen molar-refractivity contribution in [2.24, 2.45) is 14.1 Å². The largest absolute Gasteiger partial charge is 0.465 e. The highest BCUT2D eigenvalue weighted by Gasteiger charge is 2.22. The summed E-state index contributed by atoms with van der Waals surface area (Å²) < 4.78 is 3.23. The molecule has 27 heavy (non-hydrogen) atoms. The molecular weight excluding hydrogens is 350 g/mol. The van der Waals surface area contributed by atoms with Gasteiger partial charge in [0.15, 0.2) is 0 Å². The first-order valence-electron chi connectivity index (χ1n) is 8.78. The molecule has 144 valence electrons. The third-order valence-electron chi connectivity index (χ3n) is 4.61. The fourth-order valence-corrected chi connectivity index (χ4v) is 3.28. The Balaban J connectivity index is 1.73. The van der Waals surface area contributed by atoms with Gasteiger partial charge in [-0.3, -0.25) is 14.9 Å². The Kier molecular flexibility index (Phi) is 5.20. The van der Waals surface area contributed by atoms with E-state index in [1.165, 1.54) is 16.8 Å². The first kappa shape index (κ1) is 18.6. The van der Waals surface area contributed by atoms with Gasteiger partial charge in [-0.1, -0.05) is 0 Å². The van der Waals surface area contributed by atoms with E-state index in [0.29, 0.717) is 22.8 Å². The molecule has 0 saturated carbocycles. The number of carbonyl (C=O) groups excluding carboxylic acids is 2. The van der Waals surface area contributed by atoms with E-state index < -0.39 is 12.0 Å². The van der Waals surface area contributed by atoms with Gasteiger partial charge in [-0.15, -0.1) is 0 Å². The van der Waals surface area contributed by atoms with Gasteiger partial charge in [-0.25, -0.2) is 4.79 Å². The van der Waals surface area contributed by atoms with Gasteiger partial charge >= 0.3 is 6.09 Å². The normalized spacial score (nSPS) is 14.1. The third kappa shape index (κ3) is 4.13. The Morgan fingerprint density at radius 2 is 1.44 bits per heavy atom. The number of amides is 3. The Hall–Kier alpha value is -3.23. The second kappa shape index (κ2) is 7.56. The summed E-state index contributed by atoms with van der Waals surface area (Å²) in [7, 11) is 3.42. The molecule has 0 atom stereocenters. The lowest BCUT2D eigenvalue weighted by Gasteiger charge is -2.26. The number of nitrogens with zero attached hydrogens (tertiary/aromatic N) is 3. The van der Waals surface area contributed by atoms with E-state index in [1.807, 2.05) is 4.90 Å². The number of aromatic nitrogens is 2. The van der Waals surface area contributed by atoms with Crippen LogP contribution in [-0.2, 0) is 14.1 Å². The molecule has 0 spiro atoms. The summed E-state index contributed by atoms with van der Waals surface area (Å²) in [5.74, 6) is -0.428. The van der Waals surface area contributed by atoms with Gasteiger partial charge in [0.25, 0.3) is 11.8 Å². The molecule has 2 aromatic rings. The van der Waals surface area contributed by atoms with Crippen LogP contribution in [0.25, 0.3) is 0 Å². The van der Waals surface area contributed by atoms with Gasteiger partial charge in [0.05, 0.1) is 11.4 Å². The van der Waals surface area contributed by atoms with Crippen molar-refractivity contribution in [2.45, 2.75) is 19.3 Å². The van der Waals surface area contributed by atoms with Crippen LogP contribution in [0.5, 0.6) is 0 Å². The van der Waals surface area contributed by atoms with Crippen LogP contribution >= 0.6 is 0 Å². The van der Waals surface area contributed by atoms with Gasteiger partial charge in [-0.05, 0) is 31.4 Å². The molecule has 9 nitrogen and oxygen atoms in total. The zero-order valence-electron chi connectivity index (χ0n) is 15.4. The molecule has 0 bridgehead atoms. The van der Waals surface area contributed by atoms with Gasteiger partial charge in [0.2, 0.25) is 0 Å². The fourth-order valence-electron chi connectivity index (χ4n) is 3.28. The van der Waals surface area contributed by atoms with Crippen LogP contribution in [0.2, 0.25) is 0 Å². The van der Waals surface area contributed by atoms with E-state index >= 15 is 0 Å². The first-order chi connectivity index (χ1) is 12.8. The van der Waals surface area contributed by atoms with Crippen molar-refractivity contribution < 1.29 is 19.5 Å². The highest BCUT2D eigenvalue weighted by Crippen LogP contribution is 2.19. The quantitative estimate of drug-likeness (QED) is 0.764. The summed E-state index contributed by atoms with van der Waals surface area (Å²) in [5, 5.41) is 13.7. The molecule has 0 radical (unpaired) electrons. The van der Waals surface area contributed by atoms with Crippen molar-refractivity contribution in [1.82, 2.24) is 14.0 Å². The SMILES string of the molecule is Cn1cc(NC(=O)O)cc1C(=O)Nc1cc(C(=O)N2CCCCC2)n(C)c1. The maximum atomic E-state index is 12.7. The molecule has 9 heteroatoms. The molecule has 2 aromatic heterocycles. The van der Waals surface area contributed by atoms with E-state index in [0.717, 1.165) is 32.4 Å². The lowest BCUT2D eigenvalue weighted by atomic mass is 10.1.